The van der Waals surface area contributed by atoms with Crippen molar-refractivity contribution in [1.29, 1.82) is 0 Å². The second-order valence-corrected chi connectivity index (χ2v) is 7.85. The minimum Gasteiger partial charge on any atom is -0.481 e. The van der Waals surface area contributed by atoms with E-state index >= 15 is 0 Å². The lowest BCUT2D eigenvalue weighted by atomic mass is 9.97. The first-order valence-corrected chi connectivity index (χ1v) is 10.7. The summed E-state index contributed by atoms with van der Waals surface area (Å²) in [5, 5.41) is 28.7. The Labute approximate surface area is 195 Å². The molecule has 0 bridgehead atoms. The average Bonchev–Trinajstić information content (AvgIpc) is 2.72. The van der Waals surface area contributed by atoms with Crippen LogP contribution in [0.5, 0.6) is 0 Å². The molecular formula is C22H28FN3O6S. The van der Waals surface area contributed by atoms with Crippen LogP contribution in [0.4, 0.5) is 10.3 Å². The zero-order valence-corrected chi connectivity index (χ0v) is 19.6. The Bertz CT molecular complexity index is 992. The van der Waals surface area contributed by atoms with E-state index in [2.05, 4.69) is 9.97 Å². The maximum atomic E-state index is 13.4. The predicted molar refractivity (Wildman–Crippen MR) is 123 cm³/mol. The SMILES string of the molecule is CC(C)c1nc(N(C)C)nc(-c2ccc(F)cc2)c1/C=C/[C@@H](O)C[C@@H](O)CC(=O)O.O=S=O. The Morgan fingerprint density at radius 1 is 1.15 bits per heavy atom. The van der Waals surface area contributed by atoms with Crippen molar-refractivity contribution < 1.29 is 32.9 Å². The number of carboxylic acid groups (broad SMARTS) is 1. The fraction of sp³-hybridized carbons (Fsp3) is 0.409. The van der Waals surface area contributed by atoms with E-state index < -0.39 is 36.2 Å². The van der Waals surface area contributed by atoms with Gasteiger partial charge in [-0.25, -0.2) is 14.4 Å². The molecule has 0 aliphatic rings. The van der Waals surface area contributed by atoms with Crippen molar-refractivity contribution in [1.82, 2.24) is 9.97 Å². The van der Waals surface area contributed by atoms with Crippen LogP contribution < -0.4 is 4.90 Å². The third-order valence-electron chi connectivity index (χ3n) is 4.44. The lowest BCUT2D eigenvalue weighted by molar-refractivity contribution is -0.139. The van der Waals surface area contributed by atoms with Crippen molar-refractivity contribution in [3.8, 4) is 11.3 Å². The topological polar surface area (TPSA) is 141 Å². The lowest BCUT2D eigenvalue weighted by Gasteiger charge is -2.19. The summed E-state index contributed by atoms with van der Waals surface area (Å²) >= 11 is -0.750. The molecule has 11 heteroatoms. The number of aliphatic carboxylic acids is 1. The van der Waals surface area contributed by atoms with Crippen LogP contribution in [0.15, 0.2) is 30.3 Å². The number of aliphatic hydroxyl groups excluding tert-OH is 2. The Morgan fingerprint density at radius 2 is 1.73 bits per heavy atom. The van der Waals surface area contributed by atoms with Crippen LogP contribution in [0.1, 0.15) is 43.9 Å². The summed E-state index contributed by atoms with van der Waals surface area (Å²) < 4.78 is 30.0. The first-order chi connectivity index (χ1) is 15.5. The van der Waals surface area contributed by atoms with Gasteiger partial charge in [0.1, 0.15) is 5.82 Å². The zero-order chi connectivity index (χ0) is 25.1. The quantitative estimate of drug-likeness (QED) is 0.492. The van der Waals surface area contributed by atoms with Crippen LogP contribution in [-0.4, -0.2) is 66.0 Å². The normalized spacial score (nSPS) is 12.7. The minimum absolute atomic E-state index is 0.0419. The Kier molecular flexibility index (Phi) is 11.5. The van der Waals surface area contributed by atoms with Gasteiger partial charge in [-0.1, -0.05) is 26.0 Å². The Balaban J connectivity index is 0.00000172. The summed E-state index contributed by atoms with van der Waals surface area (Å²) in [5.41, 5.74) is 2.72. The van der Waals surface area contributed by atoms with Crippen LogP contribution in [0.3, 0.4) is 0 Å². The molecule has 0 aliphatic heterocycles. The number of rotatable bonds is 9. The summed E-state index contributed by atoms with van der Waals surface area (Å²) in [6, 6.07) is 5.97. The molecule has 0 amide bonds. The molecule has 0 spiro atoms. The molecule has 0 fully saturated rings. The van der Waals surface area contributed by atoms with E-state index in [1.807, 2.05) is 27.9 Å². The molecule has 9 nitrogen and oxygen atoms in total. The minimum atomic E-state index is -1.16. The van der Waals surface area contributed by atoms with Crippen molar-refractivity contribution >= 4 is 29.6 Å². The highest BCUT2D eigenvalue weighted by molar-refractivity contribution is 7.51. The van der Waals surface area contributed by atoms with Crippen LogP contribution in [0.2, 0.25) is 0 Å². The molecule has 2 rings (SSSR count). The highest BCUT2D eigenvalue weighted by Gasteiger charge is 2.19. The van der Waals surface area contributed by atoms with E-state index in [9.17, 15) is 19.4 Å². The molecule has 2 aromatic rings. The van der Waals surface area contributed by atoms with Crippen molar-refractivity contribution in [3.05, 3.63) is 47.4 Å². The molecule has 33 heavy (non-hydrogen) atoms. The van der Waals surface area contributed by atoms with Crippen LogP contribution in [0, 0.1) is 5.82 Å². The van der Waals surface area contributed by atoms with Gasteiger partial charge in [0.15, 0.2) is 0 Å². The Hall–Kier alpha value is -3.02. The van der Waals surface area contributed by atoms with E-state index in [1.165, 1.54) is 18.2 Å². The first-order valence-electron chi connectivity index (χ1n) is 10.0. The molecule has 1 aromatic carbocycles. The fourth-order valence-corrected chi connectivity index (χ4v) is 2.96. The molecule has 0 saturated heterocycles. The molecule has 0 radical (unpaired) electrons. The number of carbonyl (C=O) groups is 1. The largest absolute Gasteiger partial charge is 0.481 e. The second kappa shape index (κ2) is 13.5. The van der Waals surface area contributed by atoms with Gasteiger partial charge in [0, 0.05) is 31.6 Å². The van der Waals surface area contributed by atoms with Gasteiger partial charge in [0.2, 0.25) is 5.95 Å². The van der Waals surface area contributed by atoms with Crippen LogP contribution >= 0.6 is 0 Å². The molecular weight excluding hydrogens is 453 g/mol. The van der Waals surface area contributed by atoms with Crippen LogP contribution in [0.25, 0.3) is 17.3 Å². The van der Waals surface area contributed by atoms with Crippen molar-refractivity contribution in [2.24, 2.45) is 0 Å². The van der Waals surface area contributed by atoms with Gasteiger partial charge in [-0.3, -0.25) is 4.79 Å². The van der Waals surface area contributed by atoms with Crippen molar-refractivity contribution in [2.45, 2.75) is 44.8 Å². The zero-order valence-electron chi connectivity index (χ0n) is 18.8. The third kappa shape index (κ3) is 9.16. The van der Waals surface area contributed by atoms with E-state index in [1.54, 1.807) is 23.1 Å². The molecule has 2 atom stereocenters. The number of halogens is 1. The number of hydrogen-bond donors (Lipinski definition) is 3. The summed E-state index contributed by atoms with van der Waals surface area (Å²) in [5.74, 6) is -0.940. The van der Waals surface area contributed by atoms with Gasteiger partial charge in [0.05, 0.1) is 30.0 Å². The molecule has 0 saturated carbocycles. The summed E-state index contributed by atoms with van der Waals surface area (Å²) in [7, 11) is 3.66. The fourth-order valence-electron chi connectivity index (χ4n) is 2.96. The predicted octanol–water partition coefficient (Wildman–Crippen LogP) is 2.40. The maximum absolute atomic E-state index is 13.4. The number of aliphatic hydroxyl groups is 2. The van der Waals surface area contributed by atoms with E-state index in [0.29, 0.717) is 22.8 Å². The molecule has 0 aliphatic carbocycles. The van der Waals surface area contributed by atoms with Gasteiger partial charge < -0.3 is 20.2 Å². The van der Waals surface area contributed by atoms with Gasteiger partial charge in [-0.15, -0.1) is 0 Å². The Morgan fingerprint density at radius 3 is 2.21 bits per heavy atom. The van der Waals surface area contributed by atoms with E-state index in [4.69, 9.17) is 13.5 Å². The highest BCUT2D eigenvalue weighted by Crippen LogP contribution is 2.31. The number of hydrogen-bond acceptors (Lipinski definition) is 8. The number of anilines is 1. The van der Waals surface area contributed by atoms with Gasteiger partial charge in [0.25, 0.3) is 0 Å². The molecule has 1 aromatic heterocycles. The average molecular weight is 482 g/mol. The smallest absolute Gasteiger partial charge is 0.335 e. The highest BCUT2D eigenvalue weighted by atomic mass is 32.1. The number of aromatic nitrogens is 2. The monoisotopic (exact) mass is 481 g/mol. The van der Waals surface area contributed by atoms with E-state index in [-0.39, 0.29) is 18.2 Å². The van der Waals surface area contributed by atoms with Crippen molar-refractivity contribution in [2.75, 3.05) is 19.0 Å². The molecule has 3 N–H and O–H groups in total. The van der Waals surface area contributed by atoms with Crippen molar-refractivity contribution in [3.63, 3.8) is 0 Å². The maximum Gasteiger partial charge on any atom is 0.335 e. The van der Waals surface area contributed by atoms with Gasteiger partial charge in [-0.2, -0.15) is 8.42 Å². The van der Waals surface area contributed by atoms with E-state index in [0.717, 1.165) is 5.69 Å². The van der Waals surface area contributed by atoms with Crippen LogP contribution in [-0.2, 0) is 16.4 Å². The van der Waals surface area contributed by atoms with Gasteiger partial charge >= 0.3 is 17.5 Å². The number of benzene rings is 1. The number of carboxylic acids is 1. The summed E-state index contributed by atoms with van der Waals surface area (Å²) in [6.07, 6.45) is 0.403. The standard InChI is InChI=1S/C22H28FN3O4.O2S/c1-13(2)20-18(10-9-16(27)11-17(28)12-19(29)30)21(25-22(24-20)26(3)4)14-5-7-15(23)8-6-14;1-3-2/h5-10,13,16-17,27-28H,11-12H2,1-4H3,(H,29,30);/b10-9+;/t16-,17-;/m1./s1. The summed E-state index contributed by atoms with van der Waals surface area (Å²) in [6.45, 7) is 3.97. The first kappa shape index (κ1) is 28.0. The second-order valence-electron chi connectivity index (χ2n) is 7.71. The number of nitrogens with zero attached hydrogens (tertiary/aromatic N) is 3. The summed E-state index contributed by atoms with van der Waals surface area (Å²) in [4.78, 5) is 21.7. The lowest BCUT2D eigenvalue weighted by Crippen LogP contribution is -2.19. The van der Waals surface area contributed by atoms with Gasteiger partial charge in [-0.05, 0) is 30.2 Å². The molecule has 0 unspecified atom stereocenters. The molecule has 1 heterocycles. The molecule has 180 valence electrons. The third-order valence-corrected chi connectivity index (χ3v) is 4.44.